The molecule has 9 heteroatoms. The van der Waals surface area contributed by atoms with Crippen LogP contribution in [-0.2, 0) is 18.0 Å². The Balaban J connectivity index is 0.00000336. The quantitative estimate of drug-likeness (QED) is 0.305. The molecule has 0 saturated carbocycles. The van der Waals surface area contributed by atoms with Crippen LogP contribution in [0.3, 0.4) is 0 Å². The van der Waals surface area contributed by atoms with Gasteiger partial charge in [0.15, 0.2) is 0 Å². The van der Waals surface area contributed by atoms with Gasteiger partial charge in [-0.25, -0.2) is 19.7 Å². The largest absolute Gasteiger partial charge is 0.439 e. The molecule has 0 bridgehead atoms. The van der Waals surface area contributed by atoms with E-state index >= 15 is 0 Å². The van der Waals surface area contributed by atoms with Crippen LogP contribution in [-0.4, -0.2) is 82.0 Å². The van der Waals surface area contributed by atoms with Crippen molar-refractivity contribution in [2.24, 2.45) is 0 Å². The molecular formula is C28H38N6O2S. The van der Waals surface area contributed by atoms with E-state index in [2.05, 4.69) is 51.2 Å². The van der Waals surface area contributed by atoms with Crippen LogP contribution in [0.2, 0.25) is 0 Å². The number of hydrogen-bond acceptors (Lipinski definition) is 7. The number of rotatable bonds is 10. The molecule has 3 aromatic heterocycles. The molecule has 0 radical (unpaired) electrons. The van der Waals surface area contributed by atoms with Crippen molar-refractivity contribution in [3.05, 3.63) is 66.6 Å². The van der Waals surface area contributed by atoms with Gasteiger partial charge in [0, 0.05) is 69.3 Å². The number of hydrogen-bond donors (Lipinski definition) is 1. The minimum absolute atomic E-state index is 0. The fourth-order valence-electron chi connectivity index (χ4n) is 4.25. The van der Waals surface area contributed by atoms with Gasteiger partial charge in [-0.05, 0) is 55.2 Å². The molecule has 0 unspecified atom stereocenters. The zero-order valence-corrected chi connectivity index (χ0v) is 22.7. The molecule has 1 aromatic carbocycles. The van der Waals surface area contributed by atoms with Crippen molar-refractivity contribution >= 4 is 20.9 Å². The van der Waals surface area contributed by atoms with Crippen LogP contribution < -0.4 is 10.1 Å². The van der Waals surface area contributed by atoms with Crippen molar-refractivity contribution in [1.29, 1.82) is 0 Å². The number of nitrogens with zero attached hydrogens (tertiary/aromatic N) is 5. The molecular weight excluding hydrogens is 484 g/mol. The predicted octanol–water partition coefficient (Wildman–Crippen LogP) is 4.60. The number of piperazine rings is 1. The van der Waals surface area contributed by atoms with Crippen molar-refractivity contribution in [2.45, 2.75) is 13.3 Å². The fourth-order valence-corrected chi connectivity index (χ4v) is 4.87. The molecule has 198 valence electrons. The topological polar surface area (TPSA) is 77.3 Å². The predicted molar refractivity (Wildman–Crippen MR) is 154 cm³/mol. The molecule has 8 nitrogen and oxygen atoms in total. The molecule has 0 amide bonds. The summed E-state index contributed by atoms with van der Waals surface area (Å²) >= 11 is 0. The van der Waals surface area contributed by atoms with Crippen LogP contribution in [0.4, 0.5) is 0 Å². The van der Waals surface area contributed by atoms with Gasteiger partial charge in [0.2, 0.25) is 5.88 Å². The molecule has 1 N–H and O–H groups in total. The van der Waals surface area contributed by atoms with Crippen molar-refractivity contribution in [1.82, 2.24) is 30.0 Å². The minimum Gasteiger partial charge on any atom is -0.439 e. The first kappa shape index (κ1) is 25.7. The number of benzene rings is 1. The van der Waals surface area contributed by atoms with Gasteiger partial charge in [0.1, 0.15) is 12.5 Å². The Hall–Kier alpha value is -2.98. The van der Waals surface area contributed by atoms with E-state index < -0.39 is 10.0 Å². The maximum atomic E-state index is 6.05. The van der Waals surface area contributed by atoms with Crippen molar-refractivity contribution in [3.8, 4) is 22.9 Å². The SMILES string of the molecule is CS(C)(C)CCOCn1nccc1-c1ccc(Oc2ccc3nc(CN4CCNCC4)ccc3c2)nc1.[HH]. The summed E-state index contributed by atoms with van der Waals surface area (Å²) in [6, 6.07) is 16.1. The minimum atomic E-state index is -0.564. The average molecular weight is 523 g/mol. The molecule has 0 spiro atoms. The second-order valence-electron chi connectivity index (χ2n) is 10.2. The van der Waals surface area contributed by atoms with Crippen LogP contribution in [0.25, 0.3) is 22.2 Å². The Kier molecular flexibility index (Phi) is 8.05. The summed E-state index contributed by atoms with van der Waals surface area (Å²) in [6.45, 7) is 6.26. The molecule has 1 saturated heterocycles. The van der Waals surface area contributed by atoms with Crippen molar-refractivity contribution < 1.29 is 10.9 Å². The van der Waals surface area contributed by atoms with E-state index in [-0.39, 0.29) is 1.43 Å². The van der Waals surface area contributed by atoms with Gasteiger partial charge < -0.3 is 14.8 Å². The van der Waals surface area contributed by atoms with E-state index in [4.69, 9.17) is 14.5 Å². The molecule has 1 aliphatic heterocycles. The fraction of sp³-hybridized carbons (Fsp3) is 0.393. The van der Waals surface area contributed by atoms with Gasteiger partial charge in [0.05, 0.1) is 23.5 Å². The molecule has 1 aliphatic rings. The summed E-state index contributed by atoms with van der Waals surface area (Å²) in [6.07, 6.45) is 10.5. The van der Waals surface area contributed by atoms with E-state index in [9.17, 15) is 0 Å². The van der Waals surface area contributed by atoms with E-state index in [1.54, 1.807) is 6.20 Å². The molecule has 5 rings (SSSR count). The van der Waals surface area contributed by atoms with E-state index in [1.165, 1.54) is 0 Å². The maximum Gasteiger partial charge on any atom is 0.219 e. The van der Waals surface area contributed by atoms with Crippen LogP contribution in [0.1, 0.15) is 7.12 Å². The lowest BCUT2D eigenvalue weighted by Crippen LogP contribution is -2.43. The molecule has 1 fully saturated rings. The normalized spacial score (nSPS) is 15.2. The van der Waals surface area contributed by atoms with Crippen LogP contribution in [0.15, 0.2) is 60.9 Å². The third kappa shape index (κ3) is 7.07. The summed E-state index contributed by atoms with van der Waals surface area (Å²) < 4.78 is 13.8. The summed E-state index contributed by atoms with van der Waals surface area (Å²) in [4.78, 5) is 11.8. The monoisotopic (exact) mass is 522 g/mol. The number of pyridine rings is 2. The zero-order chi connectivity index (χ0) is 25.7. The lowest BCUT2D eigenvalue weighted by molar-refractivity contribution is 0.0821. The summed E-state index contributed by atoms with van der Waals surface area (Å²) in [5, 5.41) is 8.86. The summed E-state index contributed by atoms with van der Waals surface area (Å²) in [5.41, 5.74) is 4.01. The second kappa shape index (κ2) is 11.6. The molecule has 4 aromatic rings. The highest BCUT2D eigenvalue weighted by atomic mass is 32.3. The smallest absolute Gasteiger partial charge is 0.219 e. The maximum absolute atomic E-state index is 6.05. The number of nitrogens with one attached hydrogen (secondary N) is 1. The first-order valence-electron chi connectivity index (χ1n) is 12.7. The highest BCUT2D eigenvalue weighted by Gasteiger charge is 2.12. The van der Waals surface area contributed by atoms with Crippen LogP contribution in [0, 0.1) is 0 Å². The average Bonchev–Trinajstić information content (AvgIpc) is 3.36. The molecule has 37 heavy (non-hydrogen) atoms. The van der Waals surface area contributed by atoms with Gasteiger partial charge in [-0.2, -0.15) is 5.10 Å². The Morgan fingerprint density at radius 1 is 1.03 bits per heavy atom. The molecule has 0 aliphatic carbocycles. The number of ether oxygens (including phenoxy) is 2. The zero-order valence-electron chi connectivity index (χ0n) is 21.9. The third-order valence-electron chi connectivity index (χ3n) is 6.34. The van der Waals surface area contributed by atoms with Gasteiger partial charge in [-0.1, -0.05) is 6.07 Å². The number of fused-ring (bicyclic) bond motifs is 1. The Morgan fingerprint density at radius 3 is 2.68 bits per heavy atom. The summed E-state index contributed by atoms with van der Waals surface area (Å²) in [7, 11) is -0.564. The highest BCUT2D eigenvalue weighted by molar-refractivity contribution is 8.32. The molecule has 4 heterocycles. The van der Waals surface area contributed by atoms with Crippen LogP contribution >= 0.6 is 10.0 Å². The second-order valence-corrected chi connectivity index (χ2v) is 14.8. The van der Waals surface area contributed by atoms with E-state index in [0.717, 1.165) is 78.7 Å². The lowest BCUT2D eigenvalue weighted by atomic mass is 10.2. The Morgan fingerprint density at radius 2 is 1.89 bits per heavy atom. The standard InChI is InChI=1S/C28H36N6O2S.H2/c1-37(2,3)17-16-35-21-34-27(10-11-31-34)23-5-9-28(30-19-23)36-25-7-8-26-22(18-25)4-6-24(32-26)20-33-14-12-29-13-15-33;/h4-11,18-19,29H,12-17,20-21H2,1-3H3;1H. The first-order chi connectivity index (χ1) is 17.9. The third-order valence-corrected chi connectivity index (χ3v) is 7.73. The van der Waals surface area contributed by atoms with Crippen molar-refractivity contribution in [2.75, 3.05) is 57.3 Å². The molecule has 0 atom stereocenters. The highest BCUT2D eigenvalue weighted by Crippen LogP contribution is 2.33. The first-order valence-corrected chi connectivity index (χ1v) is 15.7. The Labute approximate surface area is 221 Å². The van der Waals surface area contributed by atoms with E-state index in [0.29, 0.717) is 12.6 Å². The Bertz CT molecular complexity index is 1320. The van der Waals surface area contributed by atoms with Gasteiger partial charge >= 0.3 is 0 Å². The van der Waals surface area contributed by atoms with Gasteiger partial charge in [-0.15, -0.1) is 0 Å². The van der Waals surface area contributed by atoms with E-state index in [1.807, 2.05) is 47.3 Å². The lowest BCUT2D eigenvalue weighted by Gasteiger charge is -2.26. The van der Waals surface area contributed by atoms with Gasteiger partial charge in [0.25, 0.3) is 0 Å². The van der Waals surface area contributed by atoms with Gasteiger partial charge in [-0.3, -0.25) is 9.88 Å². The number of aromatic nitrogens is 4. The summed E-state index contributed by atoms with van der Waals surface area (Å²) in [5.74, 6) is 2.37. The van der Waals surface area contributed by atoms with Crippen LogP contribution in [0.5, 0.6) is 11.6 Å². The van der Waals surface area contributed by atoms with Crippen molar-refractivity contribution in [3.63, 3.8) is 0 Å².